The summed E-state index contributed by atoms with van der Waals surface area (Å²) in [5, 5.41) is 18.9. The minimum Gasteiger partial charge on any atom is -0.493 e. The van der Waals surface area contributed by atoms with E-state index in [1.54, 1.807) is 23.7 Å². The maximum absolute atomic E-state index is 13.4. The topological polar surface area (TPSA) is 97.3 Å². The Morgan fingerprint density at radius 1 is 1.23 bits per heavy atom. The number of hydrogen-bond donors (Lipinski definition) is 1. The quantitative estimate of drug-likeness (QED) is 0.628. The maximum atomic E-state index is 13.4. The van der Waals surface area contributed by atoms with Crippen molar-refractivity contribution in [1.82, 2.24) is 4.57 Å². The Morgan fingerprint density at radius 2 is 1.97 bits per heavy atom. The second-order valence-electron chi connectivity index (χ2n) is 6.91. The SMILES string of the molecule is COc1cc(C2c3c(c4ccccc4n(C)c3=O)OC(=N)C2C#N)cc(Br)c1OC. The average molecular weight is 468 g/mol. The predicted octanol–water partition coefficient (Wildman–Crippen LogP) is 3.96. The first-order valence-corrected chi connectivity index (χ1v) is 9.91. The lowest BCUT2D eigenvalue weighted by Gasteiger charge is -2.31. The van der Waals surface area contributed by atoms with Crippen LogP contribution in [-0.4, -0.2) is 24.7 Å². The molecular formula is C22H18BrN3O4. The normalized spacial score (nSPS) is 17.8. The Hall–Kier alpha value is -3.31. The smallest absolute Gasteiger partial charge is 0.258 e. The zero-order valence-corrected chi connectivity index (χ0v) is 18.1. The molecule has 2 unspecified atom stereocenters. The summed E-state index contributed by atoms with van der Waals surface area (Å²) < 4.78 is 18.7. The molecule has 1 N–H and O–H groups in total. The molecule has 2 heterocycles. The van der Waals surface area contributed by atoms with Crippen LogP contribution < -0.4 is 19.8 Å². The van der Waals surface area contributed by atoms with Crippen molar-refractivity contribution in [2.45, 2.75) is 5.92 Å². The Bertz CT molecular complexity index is 1290. The standard InChI is InChI=1S/C22H18BrN3O4/c1-26-15-7-5-4-6-12(15)19-18(22(26)27)17(13(10-24)21(25)30-19)11-8-14(23)20(29-3)16(9-11)28-2/h4-9,13,17,25H,1-3H3. The van der Waals surface area contributed by atoms with Crippen LogP contribution in [0.15, 0.2) is 45.7 Å². The van der Waals surface area contributed by atoms with Crippen molar-refractivity contribution in [1.29, 1.82) is 10.7 Å². The van der Waals surface area contributed by atoms with E-state index in [0.717, 1.165) is 0 Å². The van der Waals surface area contributed by atoms with Gasteiger partial charge in [-0.3, -0.25) is 10.2 Å². The van der Waals surface area contributed by atoms with Gasteiger partial charge in [0.2, 0.25) is 5.90 Å². The minimum absolute atomic E-state index is 0.195. The number of halogens is 1. The van der Waals surface area contributed by atoms with Gasteiger partial charge in [-0.2, -0.15) is 5.26 Å². The third-order valence-electron chi connectivity index (χ3n) is 5.38. The van der Waals surface area contributed by atoms with Gasteiger partial charge in [0.15, 0.2) is 11.5 Å². The van der Waals surface area contributed by atoms with E-state index in [4.69, 9.17) is 19.6 Å². The largest absolute Gasteiger partial charge is 0.493 e. The van der Waals surface area contributed by atoms with E-state index >= 15 is 0 Å². The molecule has 30 heavy (non-hydrogen) atoms. The van der Waals surface area contributed by atoms with Gasteiger partial charge in [0, 0.05) is 18.4 Å². The number of pyridine rings is 1. The maximum Gasteiger partial charge on any atom is 0.258 e. The summed E-state index contributed by atoms with van der Waals surface area (Å²) in [7, 11) is 4.73. The number of ether oxygens (including phenoxy) is 3. The number of nitrogens with zero attached hydrogens (tertiary/aromatic N) is 2. The van der Waals surface area contributed by atoms with E-state index in [2.05, 4.69) is 22.0 Å². The summed E-state index contributed by atoms with van der Waals surface area (Å²) in [4.78, 5) is 13.4. The van der Waals surface area contributed by atoms with Crippen molar-refractivity contribution >= 4 is 32.7 Å². The Labute approximate surface area is 181 Å². The van der Waals surface area contributed by atoms with Gasteiger partial charge < -0.3 is 18.8 Å². The van der Waals surface area contributed by atoms with Gasteiger partial charge in [-0.1, -0.05) is 12.1 Å². The molecule has 152 valence electrons. The molecule has 2 aromatic carbocycles. The van der Waals surface area contributed by atoms with E-state index in [1.807, 2.05) is 24.3 Å². The van der Waals surface area contributed by atoms with Crippen LogP contribution in [0.2, 0.25) is 0 Å². The van der Waals surface area contributed by atoms with Crippen LogP contribution in [0.5, 0.6) is 17.2 Å². The fourth-order valence-electron chi connectivity index (χ4n) is 3.98. The molecule has 0 saturated carbocycles. The number of nitrogens with one attached hydrogen (secondary N) is 1. The van der Waals surface area contributed by atoms with Crippen LogP contribution in [0.25, 0.3) is 10.9 Å². The zero-order chi connectivity index (χ0) is 21.6. The molecule has 0 fully saturated rings. The van der Waals surface area contributed by atoms with Crippen molar-refractivity contribution in [3.8, 4) is 23.3 Å². The third kappa shape index (κ3) is 2.85. The van der Waals surface area contributed by atoms with Crippen molar-refractivity contribution in [3.05, 3.63) is 62.4 Å². The molecule has 0 spiro atoms. The van der Waals surface area contributed by atoms with Crippen LogP contribution in [0.1, 0.15) is 17.0 Å². The highest BCUT2D eigenvalue weighted by Gasteiger charge is 2.41. The van der Waals surface area contributed by atoms with Crippen LogP contribution >= 0.6 is 15.9 Å². The summed E-state index contributed by atoms with van der Waals surface area (Å²) in [6, 6.07) is 13.0. The molecule has 8 heteroatoms. The molecular weight excluding hydrogens is 450 g/mol. The first kappa shape index (κ1) is 20.0. The Balaban J connectivity index is 2.09. The summed E-state index contributed by atoms with van der Waals surface area (Å²) in [5.74, 6) is -0.582. The second kappa shape index (κ2) is 7.50. The molecule has 0 radical (unpaired) electrons. The van der Waals surface area contributed by atoms with Gasteiger partial charge >= 0.3 is 0 Å². The Kier molecular flexibility index (Phi) is 5.00. The van der Waals surface area contributed by atoms with Gasteiger partial charge in [0.1, 0.15) is 11.7 Å². The number of nitriles is 1. The lowest BCUT2D eigenvalue weighted by atomic mass is 9.79. The fraction of sp³-hybridized carbons (Fsp3) is 0.227. The number of benzene rings is 2. The van der Waals surface area contributed by atoms with Crippen LogP contribution in [0, 0.1) is 22.7 Å². The predicted molar refractivity (Wildman–Crippen MR) is 116 cm³/mol. The molecule has 0 aliphatic carbocycles. The lowest BCUT2D eigenvalue weighted by molar-refractivity contribution is 0.352. The molecule has 3 aromatic rings. The second-order valence-corrected chi connectivity index (χ2v) is 7.77. The van der Waals surface area contributed by atoms with Crippen molar-refractivity contribution in [2.75, 3.05) is 14.2 Å². The zero-order valence-electron chi connectivity index (χ0n) is 16.5. The van der Waals surface area contributed by atoms with E-state index in [-0.39, 0.29) is 11.5 Å². The van der Waals surface area contributed by atoms with Gasteiger partial charge in [0.25, 0.3) is 5.56 Å². The average Bonchev–Trinajstić information content (AvgIpc) is 2.75. The van der Waals surface area contributed by atoms with Crippen molar-refractivity contribution in [3.63, 3.8) is 0 Å². The Morgan fingerprint density at radius 3 is 2.63 bits per heavy atom. The number of fused-ring (bicyclic) bond motifs is 3. The number of methoxy groups -OCH3 is 2. The van der Waals surface area contributed by atoms with Crippen molar-refractivity contribution in [2.24, 2.45) is 13.0 Å². The number of aryl methyl sites for hydroxylation is 1. The summed E-state index contributed by atoms with van der Waals surface area (Å²) in [6.45, 7) is 0. The molecule has 1 aliphatic rings. The highest BCUT2D eigenvalue weighted by Crippen LogP contribution is 2.46. The molecule has 1 aromatic heterocycles. The van der Waals surface area contributed by atoms with Crippen LogP contribution in [-0.2, 0) is 7.05 Å². The first-order chi connectivity index (χ1) is 14.4. The van der Waals surface area contributed by atoms with Gasteiger partial charge in [-0.25, -0.2) is 0 Å². The molecule has 4 rings (SSSR count). The summed E-state index contributed by atoms with van der Waals surface area (Å²) >= 11 is 3.48. The van der Waals surface area contributed by atoms with Crippen molar-refractivity contribution < 1.29 is 14.2 Å². The summed E-state index contributed by atoms with van der Waals surface area (Å²) in [5.41, 5.74) is 1.41. The van der Waals surface area contributed by atoms with E-state index in [0.29, 0.717) is 43.8 Å². The lowest BCUT2D eigenvalue weighted by Crippen LogP contribution is -2.37. The number of hydrogen-bond acceptors (Lipinski definition) is 6. The van der Waals surface area contributed by atoms with Gasteiger partial charge in [-0.05, 0) is 45.8 Å². The number of para-hydroxylation sites is 1. The third-order valence-corrected chi connectivity index (χ3v) is 5.97. The molecule has 1 aliphatic heterocycles. The van der Waals surface area contributed by atoms with E-state index in [9.17, 15) is 10.1 Å². The molecule has 0 bridgehead atoms. The number of rotatable bonds is 3. The molecule has 0 saturated heterocycles. The van der Waals surface area contributed by atoms with Gasteiger partial charge in [-0.15, -0.1) is 0 Å². The minimum atomic E-state index is -0.962. The number of aromatic nitrogens is 1. The van der Waals surface area contributed by atoms with Gasteiger partial charge in [0.05, 0.1) is 35.8 Å². The van der Waals surface area contributed by atoms with Crippen LogP contribution in [0.4, 0.5) is 0 Å². The monoisotopic (exact) mass is 467 g/mol. The van der Waals surface area contributed by atoms with E-state index < -0.39 is 11.8 Å². The van der Waals surface area contributed by atoms with Crippen LogP contribution in [0.3, 0.4) is 0 Å². The molecule has 2 atom stereocenters. The fourth-order valence-corrected chi connectivity index (χ4v) is 4.60. The molecule has 0 amide bonds. The highest BCUT2D eigenvalue weighted by molar-refractivity contribution is 9.10. The summed E-state index contributed by atoms with van der Waals surface area (Å²) in [6.07, 6.45) is 0. The van der Waals surface area contributed by atoms with E-state index in [1.165, 1.54) is 14.2 Å². The first-order valence-electron chi connectivity index (χ1n) is 9.11. The highest BCUT2D eigenvalue weighted by atomic mass is 79.9. The molecule has 7 nitrogen and oxygen atoms in total.